The van der Waals surface area contributed by atoms with Gasteiger partial charge in [0, 0.05) is 33.2 Å². The molecule has 0 spiro atoms. The van der Waals surface area contributed by atoms with E-state index in [2.05, 4.69) is 22.1 Å². The first-order valence-electron chi connectivity index (χ1n) is 9.05. The molecule has 8 heteroatoms. The third-order valence-corrected chi connectivity index (χ3v) is 6.89. The largest absolute Gasteiger partial charge is 0.355 e. The zero-order valence-electron chi connectivity index (χ0n) is 15.5. The number of sulfonamides is 1. The number of fused-ring (bicyclic) bond motifs is 1. The molecule has 0 amide bonds. The number of aliphatic imine (C=N–C) groups is 1. The highest BCUT2D eigenvalue weighted by molar-refractivity contribution is 14.0. The van der Waals surface area contributed by atoms with E-state index in [0.717, 1.165) is 55.5 Å². The molecule has 0 saturated carbocycles. The Kier molecular flexibility index (Phi) is 7.57. The molecule has 146 valence electrons. The molecule has 6 nitrogen and oxygen atoms in total. The number of nitrogens with one attached hydrogen (secondary N) is 1. The van der Waals surface area contributed by atoms with Gasteiger partial charge in [0.1, 0.15) is 0 Å². The normalized spacial score (nSPS) is 18.5. The molecule has 2 heterocycles. The number of likely N-dealkylation sites (tertiary alicyclic amines) is 1. The Hall–Kier alpha value is -1.03. The lowest BCUT2D eigenvalue weighted by Gasteiger charge is -2.33. The fourth-order valence-electron chi connectivity index (χ4n) is 3.55. The van der Waals surface area contributed by atoms with Crippen LogP contribution in [0.25, 0.3) is 0 Å². The number of rotatable bonds is 4. The van der Waals surface area contributed by atoms with E-state index in [1.807, 2.05) is 24.3 Å². The van der Waals surface area contributed by atoms with Crippen LogP contribution in [0, 0.1) is 5.92 Å². The third kappa shape index (κ3) is 4.82. The van der Waals surface area contributed by atoms with Gasteiger partial charge in [-0.3, -0.25) is 9.30 Å². The van der Waals surface area contributed by atoms with E-state index in [1.165, 1.54) is 0 Å². The Bertz CT molecular complexity index is 730. The monoisotopic (exact) mass is 492 g/mol. The Balaban J connectivity index is 0.00000243. The molecule has 0 unspecified atom stereocenters. The van der Waals surface area contributed by atoms with Crippen molar-refractivity contribution < 1.29 is 8.42 Å². The lowest BCUT2D eigenvalue weighted by Crippen LogP contribution is -2.47. The topological polar surface area (TPSA) is 65.0 Å². The molecule has 0 aromatic heterocycles. The van der Waals surface area contributed by atoms with E-state index in [4.69, 9.17) is 0 Å². The number of nitrogens with zero attached hydrogens (tertiary/aromatic N) is 3. The molecule has 26 heavy (non-hydrogen) atoms. The van der Waals surface area contributed by atoms with E-state index < -0.39 is 10.0 Å². The van der Waals surface area contributed by atoms with Crippen molar-refractivity contribution >= 4 is 45.6 Å². The van der Waals surface area contributed by atoms with Crippen molar-refractivity contribution in [2.24, 2.45) is 10.9 Å². The Morgan fingerprint density at radius 3 is 2.62 bits per heavy atom. The van der Waals surface area contributed by atoms with Crippen LogP contribution in [0.1, 0.15) is 25.3 Å². The van der Waals surface area contributed by atoms with Crippen LogP contribution in [0.15, 0.2) is 29.3 Å². The molecule has 1 aromatic carbocycles. The minimum absolute atomic E-state index is 0. The van der Waals surface area contributed by atoms with E-state index in [-0.39, 0.29) is 29.7 Å². The molecule has 1 saturated heterocycles. The van der Waals surface area contributed by atoms with E-state index >= 15 is 0 Å². The molecule has 2 aliphatic heterocycles. The predicted octanol–water partition coefficient (Wildman–Crippen LogP) is 2.30. The molecular weight excluding hydrogens is 463 g/mol. The van der Waals surface area contributed by atoms with Crippen LogP contribution < -0.4 is 9.62 Å². The summed E-state index contributed by atoms with van der Waals surface area (Å²) in [6.45, 7) is 5.15. The number of hydrogen-bond donors (Lipinski definition) is 1. The SMILES string of the molecule is CN=C(NCCS(=O)(=O)N1CCc2ccccc21)N1CCC(C)CC1.I. The van der Waals surface area contributed by atoms with Crippen LogP contribution in [0.4, 0.5) is 5.69 Å². The minimum atomic E-state index is -3.32. The Morgan fingerprint density at radius 1 is 1.23 bits per heavy atom. The van der Waals surface area contributed by atoms with Gasteiger partial charge in [-0.2, -0.15) is 0 Å². The van der Waals surface area contributed by atoms with Gasteiger partial charge in [0.15, 0.2) is 5.96 Å². The van der Waals surface area contributed by atoms with Crippen molar-refractivity contribution in [3.05, 3.63) is 29.8 Å². The molecule has 0 bridgehead atoms. The molecule has 3 rings (SSSR count). The molecule has 0 radical (unpaired) electrons. The van der Waals surface area contributed by atoms with Crippen LogP contribution >= 0.6 is 24.0 Å². The number of benzene rings is 1. The second-order valence-corrected chi connectivity index (χ2v) is 8.92. The summed E-state index contributed by atoms with van der Waals surface area (Å²) >= 11 is 0. The summed E-state index contributed by atoms with van der Waals surface area (Å²) in [5.74, 6) is 1.64. The summed E-state index contributed by atoms with van der Waals surface area (Å²) in [5, 5.41) is 3.23. The number of hydrogen-bond acceptors (Lipinski definition) is 3. The summed E-state index contributed by atoms with van der Waals surface area (Å²) in [7, 11) is -1.56. The Labute approximate surface area is 174 Å². The van der Waals surface area contributed by atoms with Crippen LogP contribution in [-0.2, 0) is 16.4 Å². The zero-order valence-corrected chi connectivity index (χ0v) is 18.7. The molecule has 0 aliphatic carbocycles. The Morgan fingerprint density at radius 2 is 1.92 bits per heavy atom. The van der Waals surface area contributed by atoms with Gasteiger partial charge in [0.05, 0.1) is 11.4 Å². The summed E-state index contributed by atoms with van der Waals surface area (Å²) in [6.07, 6.45) is 3.10. The maximum Gasteiger partial charge on any atom is 0.236 e. The lowest BCUT2D eigenvalue weighted by molar-refractivity contribution is 0.274. The van der Waals surface area contributed by atoms with Crippen LogP contribution in [0.2, 0.25) is 0 Å². The first-order chi connectivity index (χ1) is 12.0. The highest BCUT2D eigenvalue weighted by Crippen LogP contribution is 2.29. The summed E-state index contributed by atoms with van der Waals surface area (Å²) in [5.41, 5.74) is 1.94. The molecule has 1 N–H and O–H groups in total. The van der Waals surface area contributed by atoms with Crippen molar-refractivity contribution in [1.82, 2.24) is 10.2 Å². The highest BCUT2D eigenvalue weighted by Gasteiger charge is 2.29. The van der Waals surface area contributed by atoms with Gasteiger partial charge < -0.3 is 10.2 Å². The minimum Gasteiger partial charge on any atom is -0.355 e. The van der Waals surface area contributed by atoms with E-state index in [1.54, 1.807) is 11.4 Å². The van der Waals surface area contributed by atoms with Gasteiger partial charge >= 0.3 is 0 Å². The van der Waals surface area contributed by atoms with Crippen molar-refractivity contribution in [2.45, 2.75) is 26.2 Å². The van der Waals surface area contributed by atoms with Crippen LogP contribution in [0.5, 0.6) is 0 Å². The average Bonchev–Trinajstić information content (AvgIpc) is 3.05. The number of guanidine groups is 1. The fraction of sp³-hybridized carbons (Fsp3) is 0.611. The third-order valence-electron chi connectivity index (χ3n) is 5.12. The predicted molar refractivity (Wildman–Crippen MR) is 118 cm³/mol. The second-order valence-electron chi connectivity index (χ2n) is 6.91. The van der Waals surface area contributed by atoms with Gasteiger partial charge in [-0.05, 0) is 36.8 Å². The van der Waals surface area contributed by atoms with Gasteiger partial charge in [-0.15, -0.1) is 24.0 Å². The summed E-state index contributed by atoms with van der Waals surface area (Å²) in [6, 6.07) is 7.74. The maximum atomic E-state index is 12.7. The molecule has 0 atom stereocenters. The van der Waals surface area contributed by atoms with Crippen molar-refractivity contribution in [3.63, 3.8) is 0 Å². The quantitative estimate of drug-likeness (QED) is 0.398. The lowest BCUT2D eigenvalue weighted by atomic mass is 10.00. The molecular formula is C18H29IN4O2S. The standard InChI is InChI=1S/C18H28N4O2S.HI/c1-15-7-11-21(12-8-15)18(19-2)20-10-14-25(23,24)22-13-9-16-5-3-4-6-17(16)22;/h3-6,15H,7-14H2,1-2H3,(H,19,20);1H. The number of piperidine rings is 1. The fourth-order valence-corrected chi connectivity index (χ4v) is 4.98. The summed E-state index contributed by atoms with van der Waals surface area (Å²) < 4.78 is 27.0. The zero-order chi connectivity index (χ0) is 17.9. The number of anilines is 1. The molecule has 2 aliphatic rings. The van der Waals surface area contributed by atoms with Crippen molar-refractivity contribution in [2.75, 3.05) is 43.3 Å². The van der Waals surface area contributed by atoms with Gasteiger partial charge in [-0.25, -0.2) is 8.42 Å². The van der Waals surface area contributed by atoms with Crippen LogP contribution in [-0.4, -0.2) is 58.3 Å². The summed E-state index contributed by atoms with van der Waals surface area (Å²) in [4.78, 5) is 6.53. The van der Waals surface area contributed by atoms with Crippen molar-refractivity contribution in [3.8, 4) is 0 Å². The van der Waals surface area contributed by atoms with Crippen LogP contribution in [0.3, 0.4) is 0 Å². The van der Waals surface area contributed by atoms with Gasteiger partial charge in [-0.1, -0.05) is 25.1 Å². The molecule has 1 aromatic rings. The first-order valence-corrected chi connectivity index (χ1v) is 10.7. The van der Waals surface area contributed by atoms with Crippen molar-refractivity contribution in [1.29, 1.82) is 0 Å². The second kappa shape index (κ2) is 9.25. The number of halogens is 1. The smallest absolute Gasteiger partial charge is 0.236 e. The van der Waals surface area contributed by atoms with Gasteiger partial charge in [0.25, 0.3) is 0 Å². The van der Waals surface area contributed by atoms with E-state index in [9.17, 15) is 8.42 Å². The number of para-hydroxylation sites is 1. The van der Waals surface area contributed by atoms with Gasteiger partial charge in [0.2, 0.25) is 10.0 Å². The first kappa shape index (κ1) is 21.3. The maximum absolute atomic E-state index is 12.7. The molecule has 1 fully saturated rings. The van der Waals surface area contributed by atoms with E-state index in [0.29, 0.717) is 13.1 Å². The highest BCUT2D eigenvalue weighted by atomic mass is 127. The average molecular weight is 492 g/mol.